The summed E-state index contributed by atoms with van der Waals surface area (Å²) in [5.41, 5.74) is -0.512. The molecule has 6 rings (SSSR count). The van der Waals surface area contributed by atoms with Crippen molar-refractivity contribution >= 4 is 11.0 Å². The second-order valence-corrected chi connectivity index (χ2v) is 12.9. The molecule has 2 aromatic carbocycles. The number of aromatic hydroxyl groups is 2. The zero-order chi connectivity index (χ0) is 37.7. The number of hydrogen-bond donors (Lipinski definition) is 12. The molecule has 286 valence electrons. The first-order valence-corrected chi connectivity index (χ1v) is 16.2. The van der Waals surface area contributed by atoms with Crippen molar-refractivity contribution in [3.05, 3.63) is 58.4 Å². The van der Waals surface area contributed by atoms with Gasteiger partial charge in [-0.3, -0.25) is 4.79 Å². The Kier molecular flexibility index (Phi) is 10.9. The van der Waals surface area contributed by atoms with Crippen molar-refractivity contribution in [3.8, 4) is 22.6 Å². The van der Waals surface area contributed by atoms with Gasteiger partial charge in [-0.05, 0) is 29.8 Å². The van der Waals surface area contributed by atoms with Crippen LogP contribution in [-0.2, 0) is 23.7 Å². The summed E-state index contributed by atoms with van der Waals surface area (Å²) in [5, 5.41) is 125. The predicted octanol–water partition coefficient (Wildman–Crippen LogP) is -3.96. The maximum absolute atomic E-state index is 13.5. The van der Waals surface area contributed by atoms with Gasteiger partial charge in [0, 0.05) is 0 Å². The van der Waals surface area contributed by atoms with Crippen LogP contribution in [0.5, 0.6) is 11.5 Å². The second-order valence-electron chi connectivity index (χ2n) is 12.9. The fourth-order valence-corrected chi connectivity index (χ4v) is 6.69. The minimum absolute atomic E-state index is 0.0296. The first-order valence-electron chi connectivity index (χ1n) is 16.2. The largest absolute Gasteiger partial charge is 0.508 e. The lowest BCUT2D eigenvalue weighted by Gasteiger charge is -2.42. The Bertz CT molecular complexity index is 1770. The van der Waals surface area contributed by atoms with Gasteiger partial charge in [-0.1, -0.05) is 12.1 Å². The van der Waals surface area contributed by atoms with Crippen molar-refractivity contribution in [3.63, 3.8) is 0 Å². The molecule has 0 amide bonds. The third-order valence-corrected chi connectivity index (χ3v) is 9.75. The smallest absolute Gasteiger partial charge is 0.221 e. The zero-order valence-electron chi connectivity index (χ0n) is 27.2. The van der Waals surface area contributed by atoms with Crippen molar-refractivity contribution in [1.82, 2.24) is 0 Å². The van der Waals surface area contributed by atoms with Gasteiger partial charge in [-0.2, -0.15) is 0 Å². The first kappa shape index (κ1) is 38.4. The second kappa shape index (κ2) is 14.8. The number of rotatable bonds is 11. The number of hydrogen-bond acceptors (Lipinski definition) is 19. The van der Waals surface area contributed by atoms with Crippen LogP contribution in [0.25, 0.3) is 22.1 Å². The third-order valence-electron chi connectivity index (χ3n) is 9.75. The molecule has 13 atom stereocenters. The van der Waals surface area contributed by atoms with Crippen molar-refractivity contribution in [1.29, 1.82) is 0 Å². The molecule has 12 N–H and O–H groups in total. The van der Waals surface area contributed by atoms with Crippen LogP contribution in [0.1, 0.15) is 11.7 Å². The van der Waals surface area contributed by atoms with E-state index >= 15 is 0 Å². The van der Waals surface area contributed by atoms with E-state index in [1.165, 1.54) is 30.3 Å². The molecule has 3 aliphatic heterocycles. The van der Waals surface area contributed by atoms with Crippen LogP contribution in [0.4, 0.5) is 0 Å². The molecule has 19 heteroatoms. The summed E-state index contributed by atoms with van der Waals surface area (Å²) in [6.45, 7) is -4.35. The number of fused-ring (bicyclic) bond motifs is 1. The van der Waals surface area contributed by atoms with Crippen LogP contribution in [0, 0.1) is 0 Å². The Morgan fingerprint density at radius 3 is 1.83 bits per heavy atom. The minimum Gasteiger partial charge on any atom is -0.508 e. The first-order chi connectivity index (χ1) is 24.7. The zero-order valence-corrected chi connectivity index (χ0v) is 27.2. The molecule has 0 aliphatic carbocycles. The van der Waals surface area contributed by atoms with Crippen molar-refractivity contribution < 1.29 is 89.4 Å². The standard InChI is InChI=1S/C33H40O19/c34-7-18-24(41)30(45)32(11-35,51-18)49-10-20-25(42)31(46)33(12-36,52-20)48-9-19-23(40)26(43)27(44)29(50-19)21-17(38)6-5-15-22(39)16(8-47-28(15)21)13-1-3-14(37)4-2-13/h1-6,8,18-20,23-27,29-31,34-38,40-46H,7,9-12H2/t18-,19-,20-,23-,24-,25-,26+,27-,29+,30+,31+,32-,33-/m1/s1. The van der Waals surface area contributed by atoms with Crippen molar-refractivity contribution in [2.45, 2.75) is 78.7 Å². The maximum Gasteiger partial charge on any atom is 0.221 e. The number of aliphatic hydroxyl groups excluding tert-OH is 10. The molecule has 4 heterocycles. The number of phenols is 2. The van der Waals surface area contributed by atoms with Gasteiger partial charge in [0.2, 0.25) is 17.0 Å². The van der Waals surface area contributed by atoms with E-state index in [-0.39, 0.29) is 27.8 Å². The topological polar surface area (TPSA) is 319 Å². The molecular weight excluding hydrogens is 700 g/mol. The fourth-order valence-electron chi connectivity index (χ4n) is 6.69. The van der Waals surface area contributed by atoms with Gasteiger partial charge in [-0.15, -0.1) is 0 Å². The molecule has 52 heavy (non-hydrogen) atoms. The van der Waals surface area contributed by atoms with E-state index in [0.29, 0.717) is 5.56 Å². The van der Waals surface area contributed by atoms with E-state index in [1.54, 1.807) is 0 Å². The van der Waals surface area contributed by atoms with E-state index in [0.717, 1.165) is 12.3 Å². The normalized spacial score (nSPS) is 37.9. The average Bonchev–Trinajstić information content (AvgIpc) is 3.54. The fraction of sp³-hybridized carbons (Fsp3) is 0.545. The number of ether oxygens (including phenoxy) is 5. The van der Waals surface area contributed by atoms with Crippen LogP contribution >= 0.6 is 0 Å². The summed E-state index contributed by atoms with van der Waals surface area (Å²) in [6.07, 6.45) is -18.0. The van der Waals surface area contributed by atoms with Crippen LogP contribution in [-0.4, -0.2) is 167 Å². The molecule has 0 radical (unpaired) electrons. The Morgan fingerprint density at radius 1 is 0.673 bits per heavy atom. The Labute approximate surface area is 293 Å². The van der Waals surface area contributed by atoms with E-state index in [1.807, 2.05) is 0 Å². The van der Waals surface area contributed by atoms with Gasteiger partial charge in [0.1, 0.15) is 104 Å². The van der Waals surface area contributed by atoms with Crippen molar-refractivity contribution in [2.75, 3.05) is 33.0 Å². The van der Waals surface area contributed by atoms with Gasteiger partial charge in [0.05, 0.1) is 36.3 Å². The molecule has 3 aliphatic rings. The van der Waals surface area contributed by atoms with Crippen LogP contribution in [0.15, 0.2) is 51.9 Å². The van der Waals surface area contributed by atoms with E-state index in [4.69, 9.17) is 28.1 Å². The lowest BCUT2D eigenvalue weighted by atomic mass is 9.89. The highest BCUT2D eigenvalue weighted by Crippen LogP contribution is 2.42. The summed E-state index contributed by atoms with van der Waals surface area (Å²) < 4.78 is 33.7. The third kappa shape index (κ3) is 6.46. The lowest BCUT2D eigenvalue weighted by molar-refractivity contribution is -0.315. The SMILES string of the molecule is O=c1c(-c2ccc(O)cc2)coc2c([C@@H]3O[C@H](CO[C@]4(CO)O[C@H](CO[C@]5(CO)O[C@H](CO)[C@@H](O)[C@@H]5O)[C@@H](O)[C@@H]4O)[C@@H](O)[C@H](O)[C@H]3O)c(O)ccc12. The summed E-state index contributed by atoms with van der Waals surface area (Å²) in [7, 11) is 0. The number of aliphatic hydroxyl groups is 10. The summed E-state index contributed by atoms with van der Waals surface area (Å²) in [6, 6.07) is 8.13. The van der Waals surface area contributed by atoms with Crippen LogP contribution in [0.3, 0.4) is 0 Å². The maximum atomic E-state index is 13.5. The molecule has 3 fully saturated rings. The highest BCUT2D eigenvalue weighted by molar-refractivity contribution is 5.86. The summed E-state index contributed by atoms with van der Waals surface area (Å²) in [4.78, 5) is 13.5. The summed E-state index contributed by atoms with van der Waals surface area (Å²) >= 11 is 0. The number of benzene rings is 2. The number of phenolic OH excluding ortho intramolecular Hbond substituents is 2. The molecule has 0 unspecified atom stereocenters. The lowest BCUT2D eigenvalue weighted by Crippen LogP contribution is -2.57. The van der Waals surface area contributed by atoms with E-state index in [9.17, 15) is 66.1 Å². The van der Waals surface area contributed by atoms with Gasteiger partial charge >= 0.3 is 0 Å². The van der Waals surface area contributed by atoms with Gasteiger partial charge in [-0.25, -0.2) is 0 Å². The van der Waals surface area contributed by atoms with Crippen LogP contribution in [0.2, 0.25) is 0 Å². The molecule has 3 aromatic rings. The minimum atomic E-state index is -2.42. The highest BCUT2D eigenvalue weighted by atomic mass is 16.8. The molecule has 0 saturated carbocycles. The molecule has 3 saturated heterocycles. The Hall–Kier alpha value is -3.35. The molecule has 19 nitrogen and oxygen atoms in total. The molecular formula is C33H40O19. The summed E-state index contributed by atoms with van der Waals surface area (Å²) in [5.74, 6) is -5.21. The Morgan fingerprint density at radius 2 is 1.25 bits per heavy atom. The monoisotopic (exact) mass is 740 g/mol. The predicted molar refractivity (Wildman–Crippen MR) is 169 cm³/mol. The quantitative estimate of drug-likeness (QED) is 0.0892. The van der Waals surface area contributed by atoms with Gasteiger partial charge in [0.15, 0.2) is 0 Å². The van der Waals surface area contributed by atoms with Crippen LogP contribution < -0.4 is 5.43 Å². The van der Waals surface area contributed by atoms with Gasteiger partial charge in [0.25, 0.3) is 0 Å². The molecule has 0 bridgehead atoms. The average molecular weight is 741 g/mol. The highest BCUT2D eigenvalue weighted by Gasteiger charge is 2.59. The van der Waals surface area contributed by atoms with Gasteiger partial charge < -0.3 is 89.4 Å². The van der Waals surface area contributed by atoms with E-state index in [2.05, 4.69) is 0 Å². The van der Waals surface area contributed by atoms with Crippen molar-refractivity contribution in [2.24, 2.45) is 0 Å². The van der Waals surface area contributed by atoms with E-state index < -0.39 is 123 Å². The molecule has 1 aromatic heterocycles. The Balaban J connectivity index is 1.21. The molecule has 0 spiro atoms.